The maximum Gasteiger partial charge on any atom is 0.234 e. The van der Waals surface area contributed by atoms with E-state index in [1.165, 1.54) is 0 Å². The van der Waals surface area contributed by atoms with Gasteiger partial charge in [-0.25, -0.2) is 9.79 Å². The fourth-order valence-corrected chi connectivity index (χ4v) is 2.05. The second-order valence-electron chi connectivity index (χ2n) is 3.91. The molecule has 1 aliphatic carbocycles. The molecule has 0 aromatic carbocycles. The summed E-state index contributed by atoms with van der Waals surface area (Å²) in [7, 11) is 0. The van der Waals surface area contributed by atoms with Crippen molar-refractivity contribution in [2.75, 3.05) is 13.1 Å². The predicted molar refractivity (Wildman–Crippen MR) is 57.9 cm³/mol. The first kappa shape index (κ1) is 11.8. The van der Waals surface area contributed by atoms with E-state index in [9.17, 15) is 9.59 Å². The van der Waals surface area contributed by atoms with Crippen LogP contribution in [0, 0.1) is 11.8 Å². The summed E-state index contributed by atoms with van der Waals surface area (Å²) in [5.74, 6) is 0.929. The normalized spacial score (nSPS) is 26.1. The van der Waals surface area contributed by atoms with Crippen molar-refractivity contribution in [3.63, 3.8) is 0 Å². The van der Waals surface area contributed by atoms with Crippen LogP contribution in [0.5, 0.6) is 0 Å². The Hall–Kier alpha value is -1.28. The first-order valence-electron chi connectivity index (χ1n) is 5.34. The third-order valence-electron chi connectivity index (χ3n) is 2.73. The molecule has 15 heavy (non-hydrogen) atoms. The van der Waals surface area contributed by atoms with Gasteiger partial charge >= 0.3 is 0 Å². The summed E-state index contributed by atoms with van der Waals surface area (Å²) in [4.78, 5) is 27.7. The monoisotopic (exact) mass is 208 g/mol. The Kier molecular flexibility index (Phi) is 5.56. The van der Waals surface area contributed by atoms with E-state index in [-0.39, 0.29) is 6.54 Å². The predicted octanol–water partition coefficient (Wildman–Crippen LogP) is 1.40. The lowest BCUT2D eigenvalue weighted by molar-refractivity contribution is -0.106. The van der Waals surface area contributed by atoms with Gasteiger partial charge in [0, 0.05) is 6.21 Å². The van der Waals surface area contributed by atoms with Gasteiger partial charge in [-0.05, 0) is 31.1 Å². The maximum atomic E-state index is 10.1. The average molecular weight is 208 g/mol. The third kappa shape index (κ3) is 4.66. The Labute approximate surface area is 89.5 Å². The zero-order valence-corrected chi connectivity index (χ0v) is 8.76. The minimum absolute atomic E-state index is 0.258. The van der Waals surface area contributed by atoms with Crippen molar-refractivity contribution >= 4 is 18.6 Å². The largest absolute Gasteiger partial charge is 0.301 e. The molecule has 0 bridgehead atoms. The second kappa shape index (κ2) is 7.07. The zero-order valence-electron chi connectivity index (χ0n) is 8.76. The molecule has 4 heteroatoms. The van der Waals surface area contributed by atoms with Crippen molar-refractivity contribution in [1.29, 1.82) is 0 Å². The van der Waals surface area contributed by atoms with Crippen LogP contribution in [0.1, 0.15) is 25.7 Å². The summed E-state index contributed by atoms with van der Waals surface area (Å²) >= 11 is 0. The third-order valence-corrected chi connectivity index (χ3v) is 2.73. The van der Waals surface area contributed by atoms with Crippen LogP contribution in [0.2, 0.25) is 0 Å². The fraction of sp³-hybridized carbons (Fsp3) is 0.727. The maximum absolute atomic E-state index is 10.1. The molecule has 0 radical (unpaired) electrons. The highest BCUT2D eigenvalue weighted by atomic mass is 16.1. The van der Waals surface area contributed by atoms with Gasteiger partial charge < -0.3 is 4.79 Å². The Morgan fingerprint density at radius 2 is 2.27 bits per heavy atom. The highest BCUT2D eigenvalue weighted by Crippen LogP contribution is 2.27. The molecule has 1 aliphatic rings. The van der Waals surface area contributed by atoms with Crippen LogP contribution in [-0.4, -0.2) is 31.7 Å². The van der Waals surface area contributed by atoms with Gasteiger partial charge in [-0.1, -0.05) is 6.42 Å². The van der Waals surface area contributed by atoms with Crippen LogP contribution >= 0.6 is 0 Å². The molecule has 2 atom stereocenters. The minimum atomic E-state index is 0.258. The number of carbonyl (C=O) groups is 1. The minimum Gasteiger partial charge on any atom is -0.301 e. The molecular weight excluding hydrogens is 192 g/mol. The number of carbonyl (C=O) groups excluding carboxylic acids is 2. The SMILES string of the molecule is O=C=NCC1CCCC(C=NCC=O)C1. The van der Waals surface area contributed by atoms with E-state index in [1.54, 1.807) is 6.08 Å². The number of isocyanates is 1. The highest BCUT2D eigenvalue weighted by molar-refractivity contribution is 5.64. The fourth-order valence-electron chi connectivity index (χ4n) is 2.05. The van der Waals surface area contributed by atoms with Crippen LogP contribution in [0.3, 0.4) is 0 Å². The van der Waals surface area contributed by atoms with E-state index in [2.05, 4.69) is 9.98 Å². The van der Waals surface area contributed by atoms with E-state index >= 15 is 0 Å². The second-order valence-corrected chi connectivity index (χ2v) is 3.91. The Balaban J connectivity index is 2.34. The first-order chi connectivity index (χ1) is 7.36. The number of aldehydes is 1. The summed E-state index contributed by atoms with van der Waals surface area (Å²) in [6.45, 7) is 0.842. The molecule has 1 saturated carbocycles. The molecule has 82 valence electrons. The summed E-state index contributed by atoms with van der Waals surface area (Å²) in [6.07, 6.45) is 8.68. The van der Waals surface area contributed by atoms with Crippen molar-refractivity contribution in [3.8, 4) is 0 Å². The van der Waals surface area contributed by atoms with Gasteiger partial charge in [-0.2, -0.15) is 0 Å². The molecule has 0 heterocycles. The van der Waals surface area contributed by atoms with Crippen LogP contribution in [-0.2, 0) is 9.59 Å². The van der Waals surface area contributed by atoms with Gasteiger partial charge in [-0.3, -0.25) is 4.99 Å². The van der Waals surface area contributed by atoms with E-state index < -0.39 is 0 Å². The molecule has 1 rings (SSSR count). The smallest absolute Gasteiger partial charge is 0.234 e. The highest BCUT2D eigenvalue weighted by Gasteiger charge is 2.20. The average Bonchev–Trinajstić information content (AvgIpc) is 2.27. The number of hydrogen-bond acceptors (Lipinski definition) is 4. The van der Waals surface area contributed by atoms with Crippen LogP contribution < -0.4 is 0 Å². The molecule has 0 N–H and O–H groups in total. The van der Waals surface area contributed by atoms with Gasteiger partial charge in [0.25, 0.3) is 0 Å². The van der Waals surface area contributed by atoms with E-state index in [0.29, 0.717) is 18.4 Å². The van der Waals surface area contributed by atoms with Crippen molar-refractivity contribution < 1.29 is 9.59 Å². The van der Waals surface area contributed by atoms with Gasteiger partial charge in [0.15, 0.2) is 0 Å². The first-order valence-corrected chi connectivity index (χ1v) is 5.34. The van der Waals surface area contributed by atoms with Gasteiger partial charge in [0.05, 0.1) is 13.1 Å². The van der Waals surface area contributed by atoms with Crippen LogP contribution in [0.15, 0.2) is 9.98 Å². The molecule has 0 aliphatic heterocycles. The Bertz CT molecular complexity index is 270. The summed E-state index contributed by atoms with van der Waals surface area (Å²) < 4.78 is 0. The lowest BCUT2D eigenvalue weighted by Crippen LogP contribution is -2.18. The van der Waals surface area contributed by atoms with Crippen LogP contribution in [0.25, 0.3) is 0 Å². The molecule has 0 spiro atoms. The van der Waals surface area contributed by atoms with Crippen LogP contribution in [0.4, 0.5) is 0 Å². The number of rotatable bonds is 5. The molecule has 0 amide bonds. The van der Waals surface area contributed by atoms with Gasteiger partial charge in [-0.15, -0.1) is 0 Å². The van der Waals surface area contributed by atoms with Crippen molar-refractivity contribution in [2.24, 2.45) is 21.8 Å². The summed E-state index contributed by atoms with van der Waals surface area (Å²) in [5, 5.41) is 0. The number of aliphatic imine (C=N–C) groups is 2. The number of hydrogen-bond donors (Lipinski definition) is 0. The van der Waals surface area contributed by atoms with Crippen molar-refractivity contribution in [2.45, 2.75) is 25.7 Å². The molecule has 4 nitrogen and oxygen atoms in total. The Morgan fingerprint density at radius 3 is 3.00 bits per heavy atom. The van der Waals surface area contributed by atoms with Crippen molar-refractivity contribution in [1.82, 2.24) is 0 Å². The quantitative estimate of drug-likeness (QED) is 0.389. The Morgan fingerprint density at radius 1 is 1.40 bits per heavy atom. The van der Waals surface area contributed by atoms with E-state index in [0.717, 1.165) is 32.0 Å². The molecular formula is C11H16N2O2. The molecule has 2 unspecified atom stereocenters. The molecule has 1 fully saturated rings. The van der Waals surface area contributed by atoms with E-state index in [4.69, 9.17) is 0 Å². The zero-order chi connectivity index (χ0) is 10.9. The summed E-state index contributed by atoms with van der Waals surface area (Å²) in [6, 6.07) is 0. The lowest BCUT2D eigenvalue weighted by atomic mass is 9.82. The molecule has 0 aromatic rings. The van der Waals surface area contributed by atoms with E-state index in [1.807, 2.05) is 6.21 Å². The molecule has 0 aromatic heterocycles. The standard InChI is InChI=1S/C11H16N2O2/c14-5-4-12-7-10-2-1-3-11(6-10)8-13-9-15/h5,7,10-11H,1-4,6,8H2. The van der Waals surface area contributed by atoms with Gasteiger partial charge in [0.2, 0.25) is 6.08 Å². The number of nitrogens with zero attached hydrogens (tertiary/aromatic N) is 2. The molecule has 0 saturated heterocycles. The topological polar surface area (TPSA) is 58.9 Å². The summed E-state index contributed by atoms with van der Waals surface area (Å²) in [5.41, 5.74) is 0. The van der Waals surface area contributed by atoms with Crippen molar-refractivity contribution in [3.05, 3.63) is 0 Å². The lowest BCUT2D eigenvalue weighted by Gasteiger charge is -2.25. The van der Waals surface area contributed by atoms with Gasteiger partial charge in [0.1, 0.15) is 6.29 Å².